The highest BCUT2D eigenvalue weighted by molar-refractivity contribution is 6.31. The van der Waals surface area contributed by atoms with Gasteiger partial charge in [0.25, 0.3) is 0 Å². The summed E-state index contributed by atoms with van der Waals surface area (Å²) in [5.41, 5.74) is 6.92. The van der Waals surface area contributed by atoms with Crippen molar-refractivity contribution in [2.24, 2.45) is 5.73 Å². The fourth-order valence-corrected chi connectivity index (χ4v) is 1.97. The first-order valence-electron chi connectivity index (χ1n) is 5.82. The van der Waals surface area contributed by atoms with Crippen LogP contribution in [0.4, 0.5) is 0 Å². The minimum Gasteiger partial charge on any atom is -0.392 e. The van der Waals surface area contributed by atoms with E-state index in [0.717, 1.165) is 29.8 Å². The molecule has 0 amide bonds. The molecule has 1 aromatic rings. The molecule has 0 aromatic heterocycles. The molecule has 0 bridgehead atoms. The van der Waals surface area contributed by atoms with Gasteiger partial charge in [-0.25, -0.2) is 0 Å². The van der Waals surface area contributed by atoms with E-state index in [1.54, 1.807) is 0 Å². The van der Waals surface area contributed by atoms with Crippen LogP contribution in [0.15, 0.2) is 24.3 Å². The van der Waals surface area contributed by atoms with Crippen molar-refractivity contribution in [1.82, 2.24) is 0 Å². The molecule has 2 nitrogen and oxygen atoms in total. The van der Waals surface area contributed by atoms with Gasteiger partial charge in [0.05, 0.1) is 6.10 Å². The van der Waals surface area contributed by atoms with E-state index in [1.807, 2.05) is 24.3 Å². The van der Waals surface area contributed by atoms with E-state index < -0.39 is 6.10 Å². The minimum absolute atomic E-state index is 0.118. The van der Waals surface area contributed by atoms with Gasteiger partial charge in [0.2, 0.25) is 0 Å². The van der Waals surface area contributed by atoms with E-state index in [-0.39, 0.29) is 6.04 Å². The van der Waals surface area contributed by atoms with Crippen LogP contribution in [0, 0.1) is 0 Å². The van der Waals surface area contributed by atoms with Crippen molar-refractivity contribution >= 4 is 11.6 Å². The monoisotopic (exact) mass is 241 g/mol. The Kier molecular flexibility index (Phi) is 5.81. The Labute approximate surface area is 102 Å². The average Bonchev–Trinajstić information content (AvgIpc) is 2.28. The van der Waals surface area contributed by atoms with Gasteiger partial charge in [-0.2, -0.15) is 0 Å². The summed E-state index contributed by atoms with van der Waals surface area (Å²) in [4.78, 5) is 0. The molecule has 16 heavy (non-hydrogen) atoms. The number of halogens is 1. The lowest BCUT2D eigenvalue weighted by atomic mass is 10.00. The summed E-state index contributed by atoms with van der Waals surface area (Å²) in [6.45, 7) is 2.07. The molecule has 3 N–H and O–H groups in total. The van der Waals surface area contributed by atoms with Gasteiger partial charge < -0.3 is 10.8 Å². The fraction of sp³-hybridized carbons (Fsp3) is 0.538. The third-order valence-electron chi connectivity index (χ3n) is 2.78. The Balaban J connectivity index is 2.42. The maximum Gasteiger partial charge on any atom is 0.0694 e. The standard InChI is InChI=1S/C13H20ClNO/c1-2-5-12(15)13(16)9-8-10-6-3-4-7-11(10)14/h3-4,6-7,12-13,16H,2,5,8-9,15H2,1H3. The maximum atomic E-state index is 9.83. The molecule has 0 radical (unpaired) electrons. The molecule has 1 rings (SSSR count). The number of rotatable bonds is 6. The first kappa shape index (κ1) is 13.5. The van der Waals surface area contributed by atoms with Gasteiger partial charge in [-0.05, 0) is 30.9 Å². The van der Waals surface area contributed by atoms with Gasteiger partial charge in [-0.3, -0.25) is 0 Å². The molecule has 2 atom stereocenters. The molecule has 0 aliphatic carbocycles. The molecule has 1 aromatic carbocycles. The number of aliphatic hydroxyl groups excluding tert-OH is 1. The van der Waals surface area contributed by atoms with Crippen molar-refractivity contribution in [3.63, 3.8) is 0 Å². The summed E-state index contributed by atoms with van der Waals surface area (Å²) in [7, 11) is 0. The van der Waals surface area contributed by atoms with E-state index in [4.69, 9.17) is 17.3 Å². The lowest BCUT2D eigenvalue weighted by Crippen LogP contribution is -2.34. The van der Waals surface area contributed by atoms with Crippen molar-refractivity contribution < 1.29 is 5.11 Å². The molecular weight excluding hydrogens is 222 g/mol. The Bertz CT molecular complexity index is 317. The van der Waals surface area contributed by atoms with E-state index >= 15 is 0 Å². The molecule has 0 spiro atoms. The van der Waals surface area contributed by atoms with Gasteiger partial charge in [0.1, 0.15) is 0 Å². The highest BCUT2D eigenvalue weighted by Crippen LogP contribution is 2.18. The summed E-state index contributed by atoms with van der Waals surface area (Å²) in [5, 5.41) is 10.6. The second kappa shape index (κ2) is 6.89. The van der Waals surface area contributed by atoms with Crippen molar-refractivity contribution in [2.75, 3.05) is 0 Å². The number of benzene rings is 1. The van der Waals surface area contributed by atoms with Crippen molar-refractivity contribution in [1.29, 1.82) is 0 Å². The fourth-order valence-electron chi connectivity index (χ4n) is 1.74. The van der Waals surface area contributed by atoms with E-state index in [2.05, 4.69) is 6.92 Å². The summed E-state index contributed by atoms with van der Waals surface area (Å²) in [5.74, 6) is 0. The molecule has 2 unspecified atom stereocenters. The van der Waals surface area contributed by atoms with Crippen LogP contribution in [0.25, 0.3) is 0 Å². The highest BCUT2D eigenvalue weighted by Gasteiger charge is 2.13. The van der Waals surface area contributed by atoms with Gasteiger partial charge in [-0.15, -0.1) is 0 Å². The van der Waals surface area contributed by atoms with E-state index in [9.17, 15) is 5.11 Å². The molecule has 90 valence electrons. The van der Waals surface area contributed by atoms with E-state index in [1.165, 1.54) is 0 Å². The van der Waals surface area contributed by atoms with Gasteiger partial charge in [0, 0.05) is 11.1 Å². The lowest BCUT2D eigenvalue weighted by molar-refractivity contribution is 0.131. The Morgan fingerprint density at radius 1 is 1.31 bits per heavy atom. The van der Waals surface area contributed by atoms with Crippen LogP contribution in [-0.2, 0) is 6.42 Å². The number of nitrogens with two attached hydrogens (primary N) is 1. The first-order valence-corrected chi connectivity index (χ1v) is 6.20. The molecule has 0 saturated carbocycles. The van der Waals surface area contributed by atoms with Crippen LogP contribution in [-0.4, -0.2) is 17.3 Å². The number of aryl methyl sites for hydroxylation is 1. The van der Waals surface area contributed by atoms with Crippen molar-refractivity contribution in [2.45, 2.75) is 44.8 Å². The SMILES string of the molecule is CCCC(N)C(O)CCc1ccccc1Cl. The van der Waals surface area contributed by atoms with Crippen molar-refractivity contribution in [3.8, 4) is 0 Å². The molecular formula is C13H20ClNO. The van der Waals surface area contributed by atoms with Gasteiger partial charge >= 0.3 is 0 Å². The zero-order valence-electron chi connectivity index (χ0n) is 9.70. The summed E-state index contributed by atoms with van der Waals surface area (Å²) in [6, 6.07) is 7.60. The number of hydrogen-bond acceptors (Lipinski definition) is 2. The largest absolute Gasteiger partial charge is 0.392 e. The molecule has 3 heteroatoms. The Hall–Kier alpha value is -0.570. The Morgan fingerprint density at radius 2 is 2.00 bits per heavy atom. The normalized spacial score (nSPS) is 14.8. The van der Waals surface area contributed by atoms with Crippen LogP contribution in [0.5, 0.6) is 0 Å². The molecule has 0 aliphatic rings. The third-order valence-corrected chi connectivity index (χ3v) is 3.15. The first-order chi connectivity index (χ1) is 7.65. The highest BCUT2D eigenvalue weighted by atomic mass is 35.5. The molecule has 0 heterocycles. The minimum atomic E-state index is -0.434. The second-order valence-electron chi connectivity index (χ2n) is 4.15. The number of hydrogen-bond donors (Lipinski definition) is 2. The van der Waals surface area contributed by atoms with Crippen LogP contribution in [0.3, 0.4) is 0 Å². The summed E-state index contributed by atoms with van der Waals surface area (Å²) >= 11 is 6.04. The third kappa shape index (κ3) is 4.12. The van der Waals surface area contributed by atoms with Gasteiger partial charge in [-0.1, -0.05) is 43.1 Å². The van der Waals surface area contributed by atoms with Crippen LogP contribution in [0.2, 0.25) is 5.02 Å². The quantitative estimate of drug-likeness (QED) is 0.805. The van der Waals surface area contributed by atoms with Crippen LogP contribution >= 0.6 is 11.6 Å². The topological polar surface area (TPSA) is 46.2 Å². The zero-order chi connectivity index (χ0) is 12.0. The second-order valence-corrected chi connectivity index (χ2v) is 4.56. The molecule has 0 fully saturated rings. The van der Waals surface area contributed by atoms with Crippen molar-refractivity contribution in [3.05, 3.63) is 34.9 Å². The van der Waals surface area contributed by atoms with Crippen LogP contribution < -0.4 is 5.73 Å². The predicted molar refractivity (Wildman–Crippen MR) is 68.7 cm³/mol. The van der Waals surface area contributed by atoms with Gasteiger partial charge in [0.15, 0.2) is 0 Å². The lowest BCUT2D eigenvalue weighted by Gasteiger charge is -2.18. The average molecular weight is 242 g/mol. The predicted octanol–water partition coefficient (Wildman–Crippen LogP) is 2.76. The van der Waals surface area contributed by atoms with Crippen LogP contribution in [0.1, 0.15) is 31.7 Å². The number of aliphatic hydroxyl groups is 1. The van der Waals surface area contributed by atoms with E-state index in [0.29, 0.717) is 6.42 Å². The maximum absolute atomic E-state index is 9.83. The molecule has 0 saturated heterocycles. The smallest absolute Gasteiger partial charge is 0.0694 e. The Morgan fingerprint density at radius 3 is 2.62 bits per heavy atom. The summed E-state index contributed by atoms with van der Waals surface area (Å²) in [6.07, 6.45) is 2.88. The molecule has 0 aliphatic heterocycles. The summed E-state index contributed by atoms with van der Waals surface area (Å²) < 4.78 is 0. The zero-order valence-corrected chi connectivity index (χ0v) is 10.5.